The van der Waals surface area contributed by atoms with Gasteiger partial charge in [0, 0.05) is 12.6 Å². The molecule has 0 fully saturated rings. The van der Waals surface area contributed by atoms with Crippen LogP contribution in [0.3, 0.4) is 0 Å². The topological polar surface area (TPSA) is 32.7 Å². The molecule has 0 unspecified atom stereocenters. The van der Waals surface area contributed by atoms with Gasteiger partial charge in [-0.2, -0.15) is 5.10 Å². The van der Waals surface area contributed by atoms with E-state index in [1.807, 2.05) is 0 Å². The van der Waals surface area contributed by atoms with Gasteiger partial charge in [0.15, 0.2) is 11.6 Å². The fourth-order valence-corrected chi connectivity index (χ4v) is 1.41. The third-order valence-corrected chi connectivity index (χ3v) is 2.21. The Morgan fingerprint density at radius 1 is 1.40 bits per heavy atom. The van der Waals surface area contributed by atoms with Crippen molar-refractivity contribution in [1.82, 2.24) is 5.01 Å². The van der Waals surface area contributed by atoms with E-state index in [1.54, 1.807) is 0 Å². The molecule has 5 heteroatoms. The highest BCUT2D eigenvalue weighted by molar-refractivity contribution is 6.13. The Morgan fingerprint density at radius 3 is 2.73 bits per heavy atom. The summed E-state index contributed by atoms with van der Waals surface area (Å²) in [5, 5.41) is 4.96. The zero-order valence-corrected chi connectivity index (χ0v) is 8.00. The summed E-state index contributed by atoms with van der Waals surface area (Å²) >= 11 is 0. The van der Waals surface area contributed by atoms with Crippen molar-refractivity contribution in [2.75, 3.05) is 7.05 Å². The van der Waals surface area contributed by atoms with Crippen LogP contribution in [0.2, 0.25) is 0 Å². The maximum atomic E-state index is 13.3. The highest BCUT2D eigenvalue weighted by atomic mass is 19.2. The Kier molecular flexibility index (Phi) is 2.22. The van der Waals surface area contributed by atoms with Crippen LogP contribution in [0.25, 0.3) is 0 Å². The molecule has 0 aromatic heterocycles. The Hall–Kier alpha value is -1.78. The molecule has 1 heterocycles. The van der Waals surface area contributed by atoms with Crippen molar-refractivity contribution in [3.8, 4) is 0 Å². The van der Waals surface area contributed by atoms with E-state index in [9.17, 15) is 13.6 Å². The fourth-order valence-electron chi connectivity index (χ4n) is 1.41. The Bertz CT molecular complexity index is 457. The van der Waals surface area contributed by atoms with Crippen molar-refractivity contribution in [2.45, 2.75) is 6.42 Å². The van der Waals surface area contributed by atoms with E-state index < -0.39 is 11.6 Å². The molecule has 0 bridgehead atoms. The lowest BCUT2D eigenvalue weighted by Gasteiger charge is -2.01. The van der Waals surface area contributed by atoms with Crippen molar-refractivity contribution < 1.29 is 13.6 Å². The van der Waals surface area contributed by atoms with E-state index in [0.29, 0.717) is 0 Å². The summed E-state index contributed by atoms with van der Waals surface area (Å²) in [6.07, 6.45) is 0.0108. The van der Waals surface area contributed by atoms with Crippen LogP contribution >= 0.6 is 0 Å². The van der Waals surface area contributed by atoms with Gasteiger partial charge < -0.3 is 0 Å². The number of hydrazone groups is 1. The molecule has 1 aromatic rings. The minimum absolute atomic E-state index is 0.0108. The van der Waals surface area contributed by atoms with Gasteiger partial charge >= 0.3 is 0 Å². The number of hydrogen-bond donors (Lipinski definition) is 0. The molecule has 3 nitrogen and oxygen atoms in total. The van der Waals surface area contributed by atoms with E-state index in [1.165, 1.54) is 19.2 Å². The maximum Gasteiger partial charge on any atom is 0.248 e. The van der Waals surface area contributed by atoms with Crippen LogP contribution in [-0.2, 0) is 4.79 Å². The molecule has 15 heavy (non-hydrogen) atoms. The predicted octanol–water partition coefficient (Wildman–Crippen LogP) is 1.53. The van der Waals surface area contributed by atoms with Gasteiger partial charge in [-0.25, -0.2) is 13.8 Å². The molecule has 0 spiro atoms. The number of hydrogen-bond acceptors (Lipinski definition) is 2. The van der Waals surface area contributed by atoms with E-state index >= 15 is 0 Å². The molecule has 1 aliphatic heterocycles. The highest BCUT2D eigenvalue weighted by Crippen LogP contribution is 2.18. The van der Waals surface area contributed by atoms with Crippen LogP contribution in [0.5, 0.6) is 0 Å². The Balaban J connectivity index is 2.44. The largest absolute Gasteiger partial charge is 0.273 e. The van der Waals surface area contributed by atoms with Crippen molar-refractivity contribution in [3.63, 3.8) is 0 Å². The fraction of sp³-hybridized carbons (Fsp3) is 0.200. The molecule has 1 aromatic carbocycles. The lowest BCUT2D eigenvalue weighted by atomic mass is 10.1. The molecular formula is C10H8F2N2O. The van der Waals surface area contributed by atoms with E-state index in [0.717, 1.165) is 11.1 Å². The van der Waals surface area contributed by atoms with Crippen LogP contribution in [0.4, 0.5) is 8.78 Å². The number of rotatable bonds is 1. The second-order valence-corrected chi connectivity index (χ2v) is 3.24. The van der Waals surface area contributed by atoms with E-state index in [2.05, 4.69) is 5.10 Å². The summed E-state index contributed by atoms with van der Waals surface area (Å²) in [7, 11) is 1.48. The first kappa shape index (κ1) is 9.76. The molecule has 1 aliphatic rings. The average molecular weight is 210 g/mol. The summed E-state index contributed by atoms with van der Waals surface area (Å²) < 4.78 is 26.2. The molecule has 2 rings (SSSR count). The van der Waals surface area contributed by atoms with Crippen LogP contribution < -0.4 is 0 Å². The van der Waals surface area contributed by atoms with Gasteiger partial charge in [0.05, 0.1) is 12.1 Å². The molecule has 78 valence electrons. The monoisotopic (exact) mass is 210 g/mol. The number of carbonyl (C=O) groups excluding carboxylic acids is 1. The van der Waals surface area contributed by atoms with E-state index in [4.69, 9.17) is 0 Å². The highest BCUT2D eigenvalue weighted by Gasteiger charge is 2.24. The van der Waals surface area contributed by atoms with Gasteiger partial charge in [-0.3, -0.25) is 4.79 Å². The normalized spacial score (nSPS) is 15.8. The van der Waals surface area contributed by atoms with Gasteiger partial charge in [0.25, 0.3) is 0 Å². The second kappa shape index (κ2) is 3.42. The number of nitrogens with zero attached hydrogens (tertiary/aromatic N) is 2. The first-order chi connectivity index (χ1) is 7.09. The summed E-state index contributed by atoms with van der Waals surface area (Å²) in [5.74, 6) is -2.12. The van der Waals surface area contributed by atoms with Gasteiger partial charge in [-0.1, -0.05) is 6.07 Å². The molecule has 0 saturated carbocycles. The van der Waals surface area contributed by atoms with Gasteiger partial charge in [-0.05, 0) is 12.1 Å². The molecule has 1 amide bonds. The van der Waals surface area contributed by atoms with Crippen LogP contribution in [0, 0.1) is 11.6 Å². The smallest absolute Gasteiger partial charge is 0.248 e. The molecule has 0 aliphatic carbocycles. The zero-order valence-electron chi connectivity index (χ0n) is 8.00. The first-order valence-electron chi connectivity index (χ1n) is 4.38. The van der Waals surface area contributed by atoms with Gasteiger partial charge in [-0.15, -0.1) is 0 Å². The standard InChI is InChI=1S/C10H8F2N2O/c1-14-9(15)5-8(13-14)6-3-2-4-7(11)10(6)12/h2-4H,5H2,1H3. The Morgan fingerprint density at radius 2 is 2.13 bits per heavy atom. The number of carbonyl (C=O) groups is 1. The minimum Gasteiger partial charge on any atom is -0.273 e. The van der Waals surface area contributed by atoms with Gasteiger partial charge in [0.2, 0.25) is 5.91 Å². The number of benzene rings is 1. The third kappa shape index (κ3) is 1.60. The average Bonchev–Trinajstić information content (AvgIpc) is 2.51. The maximum absolute atomic E-state index is 13.3. The van der Waals surface area contributed by atoms with Crippen molar-refractivity contribution in [2.24, 2.45) is 5.10 Å². The Labute approximate surface area is 85.0 Å². The summed E-state index contributed by atoms with van der Waals surface area (Å²) in [6, 6.07) is 3.82. The molecule has 0 atom stereocenters. The molecular weight excluding hydrogens is 202 g/mol. The summed E-state index contributed by atoms with van der Waals surface area (Å²) in [4.78, 5) is 11.1. The molecule has 0 radical (unpaired) electrons. The van der Waals surface area contributed by atoms with Crippen molar-refractivity contribution >= 4 is 11.6 Å². The van der Waals surface area contributed by atoms with Crippen molar-refractivity contribution in [3.05, 3.63) is 35.4 Å². The third-order valence-electron chi connectivity index (χ3n) is 2.21. The molecule has 0 saturated heterocycles. The van der Waals surface area contributed by atoms with Crippen LogP contribution in [-0.4, -0.2) is 23.7 Å². The minimum atomic E-state index is -0.959. The molecule has 0 N–H and O–H groups in total. The lowest BCUT2D eigenvalue weighted by Crippen LogP contribution is -2.14. The zero-order chi connectivity index (χ0) is 11.0. The van der Waals surface area contributed by atoms with Crippen LogP contribution in [0.15, 0.2) is 23.3 Å². The quantitative estimate of drug-likeness (QED) is 0.691. The van der Waals surface area contributed by atoms with E-state index in [-0.39, 0.29) is 23.6 Å². The van der Waals surface area contributed by atoms with Crippen molar-refractivity contribution in [1.29, 1.82) is 0 Å². The van der Waals surface area contributed by atoms with Gasteiger partial charge in [0.1, 0.15) is 0 Å². The second-order valence-electron chi connectivity index (χ2n) is 3.24. The number of amides is 1. The first-order valence-corrected chi connectivity index (χ1v) is 4.38. The lowest BCUT2D eigenvalue weighted by molar-refractivity contribution is -0.127. The number of halogens is 2. The SMILES string of the molecule is CN1N=C(c2cccc(F)c2F)CC1=O. The summed E-state index contributed by atoms with van der Waals surface area (Å²) in [6.45, 7) is 0. The predicted molar refractivity (Wildman–Crippen MR) is 50.3 cm³/mol. The van der Waals surface area contributed by atoms with Crippen LogP contribution in [0.1, 0.15) is 12.0 Å². The summed E-state index contributed by atoms with van der Waals surface area (Å²) in [5.41, 5.74) is 0.312.